The maximum atomic E-state index is 12.5. The second-order valence-corrected chi connectivity index (χ2v) is 7.33. The van der Waals surface area contributed by atoms with Gasteiger partial charge in [-0.15, -0.1) is 11.3 Å². The number of esters is 1. The van der Waals surface area contributed by atoms with Crippen LogP contribution < -0.4 is 10.2 Å². The van der Waals surface area contributed by atoms with Crippen LogP contribution in [0.3, 0.4) is 0 Å². The molecule has 0 aliphatic rings. The molecule has 0 unspecified atom stereocenters. The van der Waals surface area contributed by atoms with Gasteiger partial charge in [0.25, 0.3) is 11.8 Å². The van der Waals surface area contributed by atoms with Crippen LogP contribution in [-0.2, 0) is 14.3 Å². The van der Waals surface area contributed by atoms with Crippen molar-refractivity contribution in [3.05, 3.63) is 51.7 Å². The minimum absolute atomic E-state index is 0.157. The van der Waals surface area contributed by atoms with E-state index in [9.17, 15) is 14.4 Å². The lowest BCUT2D eigenvalue weighted by atomic mass is 10.2. The second kappa shape index (κ2) is 10.2. The number of nitriles is 1. The van der Waals surface area contributed by atoms with Gasteiger partial charge in [0.2, 0.25) is 0 Å². The fraction of sp³-hybridized carbons (Fsp3) is 0.300. The zero-order valence-corrected chi connectivity index (χ0v) is 16.5. The van der Waals surface area contributed by atoms with Gasteiger partial charge in [-0.25, -0.2) is 0 Å². The molecule has 2 amide bonds. The van der Waals surface area contributed by atoms with Gasteiger partial charge in [0, 0.05) is 17.1 Å². The van der Waals surface area contributed by atoms with E-state index >= 15 is 0 Å². The lowest BCUT2D eigenvalue weighted by Gasteiger charge is -2.21. The topological polar surface area (TPSA) is 99.5 Å². The van der Waals surface area contributed by atoms with E-state index in [0.717, 1.165) is 10.4 Å². The van der Waals surface area contributed by atoms with Crippen LogP contribution in [0.1, 0.15) is 26.5 Å². The third-order valence-corrected chi connectivity index (χ3v) is 4.81. The van der Waals surface area contributed by atoms with Crippen LogP contribution in [0.5, 0.6) is 0 Å². The van der Waals surface area contributed by atoms with Crippen molar-refractivity contribution < 1.29 is 19.1 Å². The van der Waals surface area contributed by atoms with E-state index in [1.807, 2.05) is 38.1 Å². The molecule has 0 saturated heterocycles. The molecule has 2 rings (SSSR count). The average Bonchev–Trinajstić information content (AvgIpc) is 3.12. The Hall–Kier alpha value is -3.18. The highest BCUT2D eigenvalue weighted by Crippen LogP contribution is 2.16. The largest absolute Gasteiger partial charge is 0.454 e. The van der Waals surface area contributed by atoms with Gasteiger partial charge in [-0.1, -0.05) is 17.7 Å². The first-order valence-electron chi connectivity index (χ1n) is 8.65. The number of aryl methyl sites for hydroxylation is 2. The highest BCUT2D eigenvalue weighted by atomic mass is 32.1. The predicted molar refractivity (Wildman–Crippen MR) is 106 cm³/mol. The van der Waals surface area contributed by atoms with Gasteiger partial charge in [0.05, 0.1) is 17.4 Å². The van der Waals surface area contributed by atoms with E-state index < -0.39 is 18.5 Å². The Morgan fingerprint density at radius 1 is 1.14 bits per heavy atom. The number of rotatable bonds is 8. The standard InChI is InChI=1S/C20H21N3O4S/c1-14-4-7-16(8-5-14)23(11-3-10-21)18(24)13-27-19(25)12-22-20(26)17-9-6-15(2)28-17/h4-9H,3,11-13H2,1-2H3,(H,22,26). The number of nitrogens with one attached hydrogen (secondary N) is 1. The molecule has 0 fully saturated rings. The molecule has 0 radical (unpaired) electrons. The number of hydrogen-bond donors (Lipinski definition) is 1. The third-order valence-electron chi connectivity index (χ3n) is 3.81. The summed E-state index contributed by atoms with van der Waals surface area (Å²) in [5.74, 6) is -1.51. The van der Waals surface area contributed by atoms with Crippen molar-refractivity contribution in [2.45, 2.75) is 20.3 Å². The van der Waals surface area contributed by atoms with Gasteiger partial charge in [0.15, 0.2) is 6.61 Å². The molecule has 1 aromatic heterocycles. The molecule has 0 spiro atoms. The van der Waals surface area contributed by atoms with Crippen molar-refractivity contribution in [2.75, 3.05) is 24.6 Å². The van der Waals surface area contributed by atoms with Crippen LogP contribution in [-0.4, -0.2) is 37.5 Å². The van der Waals surface area contributed by atoms with Gasteiger partial charge in [-0.05, 0) is 38.1 Å². The number of nitrogens with zero attached hydrogens (tertiary/aromatic N) is 2. The molecule has 1 heterocycles. The van der Waals surface area contributed by atoms with Crippen molar-refractivity contribution in [1.29, 1.82) is 5.26 Å². The predicted octanol–water partition coefficient (Wildman–Crippen LogP) is 2.58. The van der Waals surface area contributed by atoms with Crippen LogP contribution in [0.2, 0.25) is 0 Å². The Kier molecular flexibility index (Phi) is 7.72. The summed E-state index contributed by atoms with van der Waals surface area (Å²) >= 11 is 1.32. The van der Waals surface area contributed by atoms with E-state index in [1.54, 1.807) is 18.2 Å². The lowest BCUT2D eigenvalue weighted by Crippen LogP contribution is -2.37. The fourth-order valence-corrected chi connectivity index (χ4v) is 3.14. The van der Waals surface area contributed by atoms with Gasteiger partial charge >= 0.3 is 5.97 Å². The SMILES string of the molecule is Cc1ccc(N(CCC#N)C(=O)COC(=O)CNC(=O)c2ccc(C)s2)cc1. The Balaban J connectivity index is 1.86. The van der Waals surface area contributed by atoms with Crippen LogP contribution >= 0.6 is 11.3 Å². The van der Waals surface area contributed by atoms with E-state index in [2.05, 4.69) is 5.32 Å². The molecule has 0 atom stereocenters. The lowest BCUT2D eigenvalue weighted by molar-refractivity contribution is -0.146. The maximum Gasteiger partial charge on any atom is 0.325 e. The maximum absolute atomic E-state index is 12.5. The van der Waals surface area contributed by atoms with Gasteiger partial charge in [-0.3, -0.25) is 14.4 Å². The number of benzene rings is 1. The molecule has 1 N–H and O–H groups in total. The van der Waals surface area contributed by atoms with Crippen LogP contribution in [0.15, 0.2) is 36.4 Å². The molecule has 0 bridgehead atoms. The fourth-order valence-electron chi connectivity index (χ4n) is 2.35. The van der Waals surface area contributed by atoms with Crippen molar-refractivity contribution in [3.8, 4) is 6.07 Å². The summed E-state index contributed by atoms with van der Waals surface area (Å²) in [7, 11) is 0. The second-order valence-electron chi connectivity index (χ2n) is 6.04. The van der Waals surface area contributed by atoms with Crippen LogP contribution in [0.25, 0.3) is 0 Å². The number of ether oxygens (including phenoxy) is 1. The number of hydrogen-bond acceptors (Lipinski definition) is 6. The number of thiophene rings is 1. The first-order valence-corrected chi connectivity index (χ1v) is 9.46. The molecule has 7 nitrogen and oxygen atoms in total. The summed E-state index contributed by atoms with van der Waals surface area (Å²) < 4.78 is 4.98. The monoisotopic (exact) mass is 399 g/mol. The summed E-state index contributed by atoms with van der Waals surface area (Å²) in [6.07, 6.45) is 0.157. The minimum Gasteiger partial charge on any atom is -0.454 e. The number of anilines is 1. The average molecular weight is 399 g/mol. The number of carbonyl (C=O) groups excluding carboxylic acids is 3. The molecule has 8 heteroatoms. The van der Waals surface area contributed by atoms with E-state index in [1.165, 1.54) is 16.2 Å². The van der Waals surface area contributed by atoms with Gasteiger partial charge < -0.3 is 15.0 Å². The summed E-state index contributed by atoms with van der Waals surface area (Å²) in [5, 5.41) is 11.3. The Morgan fingerprint density at radius 2 is 1.86 bits per heavy atom. The van der Waals surface area contributed by atoms with E-state index in [0.29, 0.717) is 10.6 Å². The summed E-state index contributed by atoms with van der Waals surface area (Å²) in [5.41, 5.74) is 1.67. The molecule has 1 aromatic carbocycles. The van der Waals surface area contributed by atoms with Crippen LogP contribution in [0.4, 0.5) is 5.69 Å². The Morgan fingerprint density at radius 3 is 2.46 bits per heavy atom. The molecule has 2 aromatic rings. The Bertz CT molecular complexity index is 884. The summed E-state index contributed by atoms with van der Waals surface area (Å²) in [4.78, 5) is 39.1. The minimum atomic E-state index is -0.709. The molecule has 146 valence electrons. The highest BCUT2D eigenvalue weighted by Gasteiger charge is 2.18. The zero-order chi connectivity index (χ0) is 20.5. The van der Waals surface area contributed by atoms with E-state index in [4.69, 9.17) is 10.00 Å². The highest BCUT2D eigenvalue weighted by molar-refractivity contribution is 7.13. The van der Waals surface area contributed by atoms with Gasteiger partial charge in [-0.2, -0.15) is 5.26 Å². The van der Waals surface area contributed by atoms with Crippen molar-refractivity contribution in [3.63, 3.8) is 0 Å². The summed E-state index contributed by atoms with van der Waals surface area (Å²) in [6, 6.07) is 12.8. The Labute approximate surface area is 167 Å². The smallest absolute Gasteiger partial charge is 0.325 e. The van der Waals surface area contributed by atoms with Crippen molar-refractivity contribution in [1.82, 2.24) is 5.32 Å². The molecule has 0 saturated carbocycles. The van der Waals surface area contributed by atoms with Crippen molar-refractivity contribution in [2.24, 2.45) is 0 Å². The molecule has 28 heavy (non-hydrogen) atoms. The zero-order valence-electron chi connectivity index (χ0n) is 15.7. The molecular formula is C20H21N3O4S. The normalized spacial score (nSPS) is 10.0. The number of amides is 2. The molecular weight excluding hydrogens is 378 g/mol. The van der Waals surface area contributed by atoms with E-state index in [-0.39, 0.29) is 25.4 Å². The third kappa shape index (κ3) is 6.21. The molecule has 0 aliphatic carbocycles. The first-order chi connectivity index (χ1) is 13.4. The summed E-state index contributed by atoms with van der Waals surface area (Å²) in [6.45, 7) is 3.22. The van der Waals surface area contributed by atoms with Gasteiger partial charge in [0.1, 0.15) is 6.54 Å². The van der Waals surface area contributed by atoms with Crippen LogP contribution in [0, 0.1) is 25.2 Å². The molecule has 0 aliphatic heterocycles. The number of carbonyl (C=O) groups is 3. The first kappa shape index (κ1) is 21.1. The van der Waals surface area contributed by atoms with Crippen molar-refractivity contribution >= 4 is 34.8 Å². The quantitative estimate of drug-likeness (QED) is 0.688.